The Labute approximate surface area is 79.3 Å². The number of thiocarbonyl (C=S) groups is 1. The summed E-state index contributed by atoms with van der Waals surface area (Å²) in [5.74, 6) is 0.470. The van der Waals surface area contributed by atoms with Crippen molar-refractivity contribution in [3.63, 3.8) is 0 Å². The molecule has 0 amide bonds. The van der Waals surface area contributed by atoms with Crippen molar-refractivity contribution in [1.82, 2.24) is 0 Å². The first-order valence-electron chi connectivity index (χ1n) is 3.82. The molecule has 12 heavy (non-hydrogen) atoms. The van der Waals surface area contributed by atoms with Crippen LogP contribution in [0.3, 0.4) is 0 Å². The van der Waals surface area contributed by atoms with Gasteiger partial charge in [-0.2, -0.15) is 0 Å². The van der Waals surface area contributed by atoms with E-state index in [0.29, 0.717) is 6.42 Å². The molecule has 0 rings (SSSR count). The molecule has 0 unspecified atom stereocenters. The minimum Gasteiger partial charge on any atom is -0.393 e. The molecule has 0 aromatic heterocycles. The molecule has 2 N–H and O–H groups in total. The molecule has 3 nitrogen and oxygen atoms in total. The summed E-state index contributed by atoms with van der Waals surface area (Å²) in [6.07, 6.45) is 0.296. The van der Waals surface area contributed by atoms with E-state index < -0.39 is 9.84 Å². The molecular formula is C7H15NO2S2. The van der Waals surface area contributed by atoms with Gasteiger partial charge in [-0.05, 0) is 5.92 Å². The molecule has 5 heteroatoms. The highest BCUT2D eigenvalue weighted by Gasteiger charge is 2.12. The van der Waals surface area contributed by atoms with Crippen LogP contribution in [-0.2, 0) is 9.84 Å². The topological polar surface area (TPSA) is 60.2 Å². The molecule has 0 spiro atoms. The third-order valence-corrected chi connectivity index (χ3v) is 3.45. The lowest BCUT2D eigenvalue weighted by Gasteiger charge is -2.05. The largest absolute Gasteiger partial charge is 0.393 e. The van der Waals surface area contributed by atoms with E-state index >= 15 is 0 Å². The van der Waals surface area contributed by atoms with Gasteiger partial charge in [-0.15, -0.1) is 0 Å². The van der Waals surface area contributed by atoms with Crippen molar-refractivity contribution < 1.29 is 8.42 Å². The van der Waals surface area contributed by atoms with Crippen molar-refractivity contribution >= 4 is 27.0 Å². The zero-order valence-electron chi connectivity index (χ0n) is 7.41. The number of rotatable bonds is 5. The summed E-state index contributed by atoms with van der Waals surface area (Å²) in [6, 6.07) is 0. The fraction of sp³-hybridized carbons (Fsp3) is 0.857. The minimum atomic E-state index is -2.94. The number of hydrogen-bond acceptors (Lipinski definition) is 3. The molecule has 0 aliphatic carbocycles. The maximum Gasteiger partial charge on any atom is 0.150 e. The number of hydrogen-bond donors (Lipinski definition) is 1. The molecular weight excluding hydrogens is 194 g/mol. The van der Waals surface area contributed by atoms with Crippen LogP contribution in [0.2, 0.25) is 0 Å². The van der Waals surface area contributed by atoms with Crippen molar-refractivity contribution in [2.75, 3.05) is 11.5 Å². The van der Waals surface area contributed by atoms with Crippen LogP contribution in [0.1, 0.15) is 20.3 Å². The van der Waals surface area contributed by atoms with Crippen molar-refractivity contribution in [1.29, 1.82) is 0 Å². The van der Waals surface area contributed by atoms with Crippen molar-refractivity contribution in [2.24, 2.45) is 11.7 Å². The third kappa shape index (κ3) is 6.54. The van der Waals surface area contributed by atoms with Gasteiger partial charge in [0.15, 0.2) is 9.84 Å². The average Bonchev–Trinajstić information content (AvgIpc) is 1.81. The van der Waals surface area contributed by atoms with E-state index in [-0.39, 0.29) is 22.4 Å². The maximum absolute atomic E-state index is 11.2. The van der Waals surface area contributed by atoms with Gasteiger partial charge < -0.3 is 5.73 Å². The number of sulfone groups is 1. The van der Waals surface area contributed by atoms with E-state index in [1.165, 1.54) is 0 Å². The van der Waals surface area contributed by atoms with E-state index in [1.807, 2.05) is 13.8 Å². The average molecular weight is 209 g/mol. The molecule has 0 aromatic rings. The van der Waals surface area contributed by atoms with Gasteiger partial charge in [0, 0.05) is 6.42 Å². The minimum absolute atomic E-state index is 0.0838. The SMILES string of the molecule is CC(C)CS(=O)(=O)CCC(N)=S. The third-order valence-electron chi connectivity index (χ3n) is 1.25. The molecule has 0 bridgehead atoms. The smallest absolute Gasteiger partial charge is 0.150 e. The summed E-state index contributed by atoms with van der Waals surface area (Å²) < 4.78 is 22.5. The highest BCUT2D eigenvalue weighted by atomic mass is 32.2. The zero-order chi connectivity index (χ0) is 9.78. The van der Waals surface area contributed by atoms with Gasteiger partial charge in [0.05, 0.1) is 16.5 Å². The molecule has 0 aromatic carbocycles. The summed E-state index contributed by atoms with van der Waals surface area (Å²) in [4.78, 5) is 0.266. The van der Waals surface area contributed by atoms with Gasteiger partial charge in [0.2, 0.25) is 0 Å². The molecule has 0 saturated carbocycles. The van der Waals surface area contributed by atoms with E-state index in [0.717, 1.165) is 0 Å². The lowest BCUT2D eigenvalue weighted by atomic mass is 10.3. The normalized spacial score (nSPS) is 11.9. The van der Waals surface area contributed by atoms with Crippen LogP contribution in [0.5, 0.6) is 0 Å². The Morgan fingerprint density at radius 2 is 2.00 bits per heavy atom. The predicted octanol–water partition coefficient (Wildman–Crippen LogP) is 0.733. The van der Waals surface area contributed by atoms with Crippen LogP contribution in [0.25, 0.3) is 0 Å². The monoisotopic (exact) mass is 209 g/mol. The van der Waals surface area contributed by atoms with Crippen molar-refractivity contribution in [3.8, 4) is 0 Å². The summed E-state index contributed by atoms with van der Waals surface area (Å²) in [6.45, 7) is 3.75. The Morgan fingerprint density at radius 3 is 2.33 bits per heavy atom. The molecule has 72 valence electrons. The number of nitrogens with two attached hydrogens (primary N) is 1. The summed E-state index contributed by atoms with van der Waals surface area (Å²) in [5.41, 5.74) is 5.20. The van der Waals surface area contributed by atoms with Crippen LogP contribution in [-0.4, -0.2) is 24.9 Å². The first-order chi connectivity index (χ1) is 5.33. The highest BCUT2D eigenvalue weighted by Crippen LogP contribution is 2.02. The summed E-state index contributed by atoms with van der Waals surface area (Å²) in [7, 11) is -2.94. The molecule has 0 atom stereocenters. The first-order valence-corrected chi connectivity index (χ1v) is 6.05. The van der Waals surface area contributed by atoms with Gasteiger partial charge in [0.1, 0.15) is 0 Å². The van der Waals surface area contributed by atoms with Gasteiger partial charge in [0.25, 0.3) is 0 Å². The van der Waals surface area contributed by atoms with E-state index in [1.54, 1.807) is 0 Å². The Morgan fingerprint density at radius 1 is 1.50 bits per heavy atom. The standard InChI is InChI=1S/C7H15NO2S2/c1-6(2)5-12(9,10)4-3-7(8)11/h6H,3-5H2,1-2H3,(H2,8,11). The van der Waals surface area contributed by atoms with Crippen LogP contribution in [0, 0.1) is 5.92 Å². The van der Waals surface area contributed by atoms with E-state index in [4.69, 9.17) is 5.73 Å². The molecule has 0 radical (unpaired) electrons. The fourth-order valence-corrected chi connectivity index (χ4v) is 2.79. The van der Waals surface area contributed by atoms with Crippen LogP contribution in [0.4, 0.5) is 0 Å². The Hall–Kier alpha value is -0.160. The van der Waals surface area contributed by atoms with E-state index in [2.05, 4.69) is 12.2 Å². The molecule has 0 aliphatic rings. The summed E-state index contributed by atoms with van der Waals surface area (Å²) in [5, 5.41) is 0. The van der Waals surface area contributed by atoms with Gasteiger partial charge in [-0.25, -0.2) is 8.42 Å². The lowest BCUT2D eigenvalue weighted by molar-refractivity contribution is 0.582. The summed E-state index contributed by atoms with van der Waals surface area (Å²) >= 11 is 4.59. The maximum atomic E-state index is 11.2. The predicted molar refractivity (Wildman–Crippen MR) is 54.9 cm³/mol. The second-order valence-corrected chi connectivity index (χ2v) is 5.98. The van der Waals surface area contributed by atoms with Gasteiger partial charge in [-0.1, -0.05) is 26.1 Å². The first kappa shape index (κ1) is 11.8. The lowest BCUT2D eigenvalue weighted by Crippen LogP contribution is -2.19. The highest BCUT2D eigenvalue weighted by molar-refractivity contribution is 7.91. The second kappa shape index (κ2) is 4.77. The van der Waals surface area contributed by atoms with Crippen molar-refractivity contribution in [3.05, 3.63) is 0 Å². The Kier molecular flexibility index (Phi) is 4.70. The molecule has 0 heterocycles. The fourth-order valence-electron chi connectivity index (χ4n) is 0.847. The van der Waals surface area contributed by atoms with Crippen LogP contribution >= 0.6 is 12.2 Å². The Balaban J connectivity index is 3.98. The van der Waals surface area contributed by atoms with Crippen LogP contribution in [0.15, 0.2) is 0 Å². The quantitative estimate of drug-likeness (QED) is 0.678. The van der Waals surface area contributed by atoms with Gasteiger partial charge in [-0.3, -0.25) is 0 Å². The molecule has 0 aliphatic heterocycles. The van der Waals surface area contributed by atoms with Crippen molar-refractivity contribution in [2.45, 2.75) is 20.3 Å². The zero-order valence-corrected chi connectivity index (χ0v) is 9.04. The van der Waals surface area contributed by atoms with E-state index in [9.17, 15) is 8.42 Å². The van der Waals surface area contributed by atoms with Crippen LogP contribution < -0.4 is 5.73 Å². The van der Waals surface area contributed by atoms with Gasteiger partial charge >= 0.3 is 0 Å². The Bertz CT molecular complexity index is 244. The molecule has 0 fully saturated rings. The molecule has 0 saturated heterocycles. The second-order valence-electron chi connectivity index (χ2n) is 3.22.